The largest absolute Gasteiger partial charge is 0.508 e. The Morgan fingerprint density at radius 1 is 1.23 bits per heavy atom. The molecule has 7 nitrogen and oxygen atoms in total. The van der Waals surface area contributed by atoms with Crippen LogP contribution < -0.4 is 0 Å². The van der Waals surface area contributed by atoms with Gasteiger partial charge in [-0.05, 0) is 38.8 Å². The Balaban J connectivity index is 2.71. The van der Waals surface area contributed by atoms with Crippen LogP contribution in [-0.2, 0) is 25.4 Å². The van der Waals surface area contributed by atoms with Gasteiger partial charge >= 0.3 is 12.1 Å². The van der Waals surface area contributed by atoms with E-state index in [1.54, 1.807) is 52.0 Å². The van der Waals surface area contributed by atoms with Crippen molar-refractivity contribution in [2.45, 2.75) is 52.2 Å². The van der Waals surface area contributed by atoms with Crippen molar-refractivity contribution >= 4 is 12.1 Å². The molecule has 0 saturated carbocycles. The van der Waals surface area contributed by atoms with Crippen LogP contribution in [0.3, 0.4) is 0 Å². The van der Waals surface area contributed by atoms with Crippen LogP contribution in [0.1, 0.15) is 39.7 Å². The second kappa shape index (κ2) is 10.0. The second-order valence-electron chi connectivity index (χ2n) is 6.84. The first-order chi connectivity index (χ1) is 12.2. The van der Waals surface area contributed by atoms with Crippen LogP contribution in [0.15, 0.2) is 24.3 Å². The molecule has 0 heterocycles. The molecule has 1 atom stereocenters. The average molecular weight is 367 g/mol. The Bertz CT molecular complexity index is 596. The van der Waals surface area contributed by atoms with Crippen molar-refractivity contribution in [1.82, 2.24) is 4.90 Å². The van der Waals surface area contributed by atoms with E-state index in [1.807, 2.05) is 0 Å². The molecule has 146 valence electrons. The highest BCUT2D eigenvalue weighted by Gasteiger charge is 2.32. The molecule has 1 amide bonds. The number of hydrogen-bond acceptors (Lipinski definition) is 6. The topological polar surface area (TPSA) is 85.3 Å². The first-order valence-corrected chi connectivity index (χ1v) is 8.61. The molecule has 0 fully saturated rings. The summed E-state index contributed by atoms with van der Waals surface area (Å²) in [5, 5.41) is 9.74. The average Bonchev–Trinajstić information content (AvgIpc) is 2.55. The number of carbonyl (C=O) groups is 2. The van der Waals surface area contributed by atoms with Crippen LogP contribution in [-0.4, -0.2) is 54.2 Å². The number of ether oxygens (including phenoxy) is 3. The lowest BCUT2D eigenvalue weighted by Crippen LogP contribution is -2.48. The van der Waals surface area contributed by atoms with E-state index in [1.165, 1.54) is 12.0 Å². The molecule has 0 aromatic heterocycles. The maximum absolute atomic E-state index is 12.4. The summed E-state index contributed by atoms with van der Waals surface area (Å²) in [4.78, 5) is 26.0. The maximum atomic E-state index is 12.4. The molecule has 0 unspecified atom stereocenters. The fourth-order valence-electron chi connectivity index (χ4n) is 2.32. The number of rotatable bonds is 8. The highest BCUT2D eigenvalue weighted by atomic mass is 16.6. The zero-order valence-corrected chi connectivity index (χ0v) is 16.2. The summed E-state index contributed by atoms with van der Waals surface area (Å²) in [6.45, 7) is 7.05. The molecule has 7 heteroatoms. The number of phenolic OH excluding ortho intramolecular Hbond substituents is 1. The van der Waals surface area contributed by atoms with Gasteiger partial charge in [-0.25, -0.2) is 9.59 Å². The predicted molar refractivity (Wildman–Crippen MR) is 96.8 cm³/mol. The highest BCUT2D eigenvalue weighted by Crippen LogP contribution is 2.17. The van der Waals surface area contributed by atoms with E-state index < -0.39 is 23.7 Å². The summed E-state index contributed by atoms with van der Waals surface area (Å²) in [6.07, 6.45) is 0.104. The lowest BCUT2D eigenvalue weighted by atomic mass is 10.1. The van der Waals surface area contributed by atoms with E-state index >= 15 is 0 Å². The van der Waals surface area contributed by atoms with Gasteiger partial charge in [0, 0.05) is 13.5 Å². The third kappa shape index (κ3) is 6.92. The number of aromatic hydroxyl groups is 1. The number of methoxy groups -OCH3 is 1. The SMILES string of the molecule is CC[C@@H](C(=O)OCCc1ccccc1O)N(COC)C(=O)OC(C)(C)C. The van der Waals surface area contributed by atoms with Crippen molar-refractivity contribution in [2.75, 3.05) is 20.4 Å². The monoisotopic (exact) mass is 367 g/mol. The van der Waals surface area contributed by atoms with Crippen molar-refractivity contribution in [3.05, 3.63) is 29.8 Å². The van der Waals surface area contributed by atoms with Crippen LogP contribution in [0, 0.1) is 0 Å². The number of carbonyl (C=O) groups excluding carboxylic acids is 2. The first-order valence-electron chi connectivity index (χ1n) is 8.61. The summed E-state index contributed by atoms with van der Waals surface area (Å²) in [5.41, 5.74) is 0.00469. The van der Waals surface area contributed by atoms with E-state index in [0.29, 0.717) is 18.4 Å². The minimum atomic E-state index is -0.811. The molecule has 1 aromatic rings. The van der Waals surface area contributed by atoms with Crippen molar-refractivity contribution in [3.8, 4) is 5.75 Å². The van der Waals surface area contributed by atoms with Crippen molar-refractivity contribution in [3.63, 3.8) is 0 Å². The number of benzene rings is 1. The van der Waals surface area contributed by atoms with E-state index in [0.717, 1.165) is 0 Å². The standard InChI is InChI=1S/C19H29NO6/c1-6-15(20(13-24-5)18(23)26-19(2,3)4)17(22)25-12-11-14-9-7-8-10-16(14)21/h7-10,15,21H,6,11-13H2,1-5H3/t15-/m0/s1. The Kier molecular flexibility index (Phi) is 8.38. The van der Waals surface area contributed by atoms with Gasteiger partial charge in [-0.15, -0.1) is 0 Å². The third-order valence-electron chi connectivity index (χ3n) is 3.54. The van der Waals surface area contributed by atoms with Crippen LogP contribution in [0.5, 0.6) is 5.75 Å². The summed E-state index contributed by atoms with van der Waals surface area (Å²) in [6, 6.07) is 6.05. The highest BCUT2D eigenvalue weighted by molar-refractivity contribution is 5.81. The molecule has 1 rings (SSSR count). The van der Waals surface area contributed by atoms with Gasteiger partial charge in [0.25, 0.3) is 0 Å². The summed E-state index contributed by atoms with van der Waals surface area (Å²) in [5.74, 6) is -0.379. The lowest BCUT2D eigenvalue weighted by molar-refractivity contribution is -0.152. The van der Waals surface area contributed by atoms with Crippen LogP contribution >= 0.6 is 0 Å². The van der Waals surface area contributed by atoms with Gasteiger partial charge in [0.2, 0.25) is 0 Å². The fourth-order valence-corrected chi connectivity index (χ4v) is 2.32. The molecule has 1 N–H and O–H groups in total. The van der Waals surface area contributed by atoms with Gasteiger partial charge in [0.05, 0.1) is 6.61 Å². The third-order valence-corrected chi connectivity index (χ3v) is 3.54. The molecule has 1 aromatic carbocycles. The zero-order valence-electron chi connectivity index (χ0n) is 16.2. The summed E-state index contributed by atoms with van der Waals surface area (Å²) in [7, 11) is 1.44. The van der Waals surface area contributed by atoms with E-state index in [9.17, 15) is 14.7 Å². The predicted octanol–water partition coefficient (Wildman–Crippen LogP) is 3.10. The molecular formula is C19H29NO6. The molecule has 0 bridgehead atoms. The maximum Gasteiger partial charge on any atom is 0.412 e. The van der Waals surface area contributed by atoms with Gasteiger partial charge in [-0.1, -0.05) is 25.1 Å². The second-order valence-corrected chi connectivity index (χ2v) is 6.84. The number of amides is 1. The lowest BCUT2D eigenvalue weighted by Gasteiger charge is -2.31. The molecular weight excluding hydrogens is 338 g/mol. The van der Waals surface area contributed by atoms with Crippen molar-refractivity contribution < 1.29 is 28.9 Å². The van der Waals surface area contributed by atoms with Gasteiger partial charge < -0.3 is 19.3 Å². The summed E-state index contributed by atoms with van der Waals surface area (Å²) < 4.78 is 15.7. The van der Waals surface area contributed by atoms with Crippen LogP contribution in [0.25, 0.3) is 0 Å². The summed E-state index contributed by atoms with van der Waals surface area (Å²) >= 11 is 0. The first kappa shape index (κ1) is 21.8. The van der Waals surface area contributed by atoms with Gasteiger partial charge in [-0.2, -0.15) is 0 Å². The molecule has 0 radical (unpaired) electrons. The van der Waals surface area contributed by atoms with E-state index in [2.05, 4.69) is 0 Å². The fraction of sp³-hybridized carbons (Fsp3) is 0.579. The Hall–Kier alpha value is -2.28. The number of hydrogen-bond donors (Lipinski definition) is 1. The smallest absolute Gasteiger partial charge is 0.412 e. The van der Waals surface area contributed by atoms with Crippen LogP contribution in [0.4, 0.5) is 4.79 Å². The number of esters is 1. The van der Waals surface area contributed by atoms with Crippen molar-refractivity contribution in [1.29, 1.82) is 0 Å². The van der Waals surface area contributed by atoms with Crippen molar-refractivity contribution in [2.24, 2.45) is 0 Å². The molecule has 0 spiro atoms. The quantitative estimate of drug-likeness (QED) is 0.561. The number of nitrogens with zero attached hydrogens (tertiary/aromatic N) is 1. The Labute approximate surface area is 154 Å². The Morgan fingerprint density at radius 2 is 1.88 bits per heavy atom. The number of phenols is 1. The van der Waals surface area contributed by atoms with Gasteiger partial charge in [0.1, 0.15) is 24.1 Å². The Morgan fingerprint density at radius 3 is 2.42 bits per heavy atom. The molecule has 0 aliphatic rings. The molecule has 0 aliphatic carbocycles. The molecule has 0 aliphatic heterocycles. The molecule has 0 saturated heterocycles. The minimum Gasteiger partial charge on any atom is -0.508 e. The van der Waals surface area contributed by atoms with E-state index in [4.69, 9.17) is 14.2 Å². The number of para-hydroxylation sites is 1. The van der Waals surface area contributed by atoms with Gasteiger partial charge in [0.15, 0.2) is 0 Å². The van der Waals surface area contributed by atoms with Crippen LogP contribution in [0.2, 0.25) is 0 Å². The minimum absolute atomic E-state index is 0.0814. The normalized spacial score (nSPS) is 12.3. The molecule has 26 heavy (non-hydrogen) atoms. The van der Waals surface area contributed by atoms with Gasteiger partial charge in [-0.3, -0.25) is 4.90 Å². The zero-order chi connectivity index (χ0) is 19.7. The van der Waals surface area contributed by atoms with E-state index in [-0.39, 0.29) is 19.1 Å².